The Labute approximate surface area is 145 Å². The highest BCUT2D eigenvalue weighted by atomic mass is 16.5. The van der Waals surface area contributed by atoms with E-state index in [0.29, 0.717) is 11.7 Å². The van der Waals surface area contributed by atoms with Crippen LogP contribution in [-0.4, -0.2) is 5.97 Å². The fourth-order valence-electron chi connectivity index (χ4n) is 2.47. The van der Waals surface area contributed by atoms with Crippen LogP contribution in [0.3, 0.4) is 0 Å². The molecule has 0 saturated heterocycles. The van der Waals surface area contributed by atoms with E-state index in [-0.39, 0.29) is 11.4 Å². The van der Waals surface area contributed by atoms with Crippen LogP contribution >= 0.6 is 0 Å². The lowest BCUT2D eigenvalue weighted by molar-refractivity contribution is -0.128. The van der Waals surface area contributed by atoms with Crippen molar-refractivity contribution < 1.29 is 9.53 Å². The fourth-order valence-corrected chi connectivity index (χ4v) is 2.47. The van der Waals surface area contributed by atoms with Crippen molar-refractivity contribution in [3.05, 3.63) is 71.3 Å². The molecule has 0 N–H and O–H groups in total. The van der Waals surface area contributed by atoms with Crippen LogP contribution in [0.1, 0.15) is 57.2 Å². The molecule has 0 aliphatic heterocycles. The van der Waals surface area contributed by atoms with Crippen molar-refractivity contribution in [2.45, 2.75) is 46.0 Å². The van der Waals surface area contributed by atoms with Crippen molar-refractivity contribution in [3.8, 4) is 5.75 Å². The third kappa shape index (κ3) is 4.82. The van der Waals surface area contributed by atoms with Gasteiger partial charge in [-0.1, -0.05) is 77.1 Å². The standard InChI is InChI=1S/C22H26O2/c1-16(2)18-13-10-17(11-14-18)12-15-21(23)24-20-9-7-6-8-19(20)22(3,4)5/h6-16H,1-5H3/b15-12+. The Balaban J connectivity index is 2.08. The lowest BCUT2D eigenvalue weighted by atomic mass is 9.86. The highest BCUT2D eigenvalue weighted by Crippen LogP contribution is 2.31. The van der Waals surface area contributed by atoms with Crippen molar-refractivity contribution in [1.82, 2.24) is 0 Å². The molecule has 0 radical (unpaired) electrons. The third-order valence-electron chi connectivity index (χ3n) is 3.92. The number of esters is 1. The summed E-state index contributed by atoms with van der Waals surface area (Å²) in [5.41, 5.74) is 3.22. The van der Waals surface area contributed by atoms with Crippen molar-refractivity contribution in [1.29, 1.82) is 0 Å². The van der Waals surface area contributed by atoms with Crippen LogP contribution in [-0.2, 0) is 10.2 Å². The zero-order valence-electron chi connectivity index (χ0n) is 15.2. The van der Waals surface area contributed by atoms with E-state index in [1.165, 1.54) is 11.6 Å². The number of ether oxygens (including phenoxy) is 1. The quantitative estimate of drug-likeness (QED) is 0.408. The monoisotopic (exact) mass is 322 g/mol. The van der Waals surface area contributed by atoms with Gasteiger partial charge in [-0.25, -0.2) is 4.79 Å². The van der Waals surface area contributed by atoms with Crippen LogP contribution in [0.2, 0.25) is 0 Å². The summed E-state index contributed by atoms with van der Waals surface area (Å²) in [5, 5.41) is 0. The van der Waals surface area contributed by atoms with Crippen molar-refractivity contribution >= 4 is 12.0 Å². The average Bonchev–Trinajstić information content (AvgIpc) is 2.53. The van der Waals surface area contributed by atoms with E-state index in [2.05, 4.69) is 46.8 Å². The van der Waals surface area contributed by atoms with E-state index >= 15 is 0 Å². The molecule has 126 valence electrons. The molecule has 2 rings (SSSR count). The van der Waals surface area contributed by atoms with Gasteiger partial charge < -0.3 is 4.74 Å². The Morgan fingerprint density at radius 1 is 1.00 bits per heavy atom. The summed E-state index contributed by atoms with van der Waals surface area (Å²) in [6.45, 7) is 10.6. The zero-order chi connectivity index (χ0) is 17.7. The Morgan fingerprint density at radius 2 is 1.62 bits per heavy atom. The maximum Gasteiger partial charge on any atom is 0.336 e. The second-order valence-electron chi connectivity index (χ2n) is 7.32. The molecule has 0 fully saturated rings. The fraction of sp³-hybridized carbons (Fsp3) is 0.318. The summed E-state index contributed by atoms with van der Waals surface area (Å²) in [6, 6.07) is 15.9. The number of hydrogen-bond donors (Lipinski definition) is 0. The first-order valence-corrected chi connectivity index (χ1v) is 8.37. The van der Waals surface area contributed by atoms with Gasteiger partial charge in [0.05, 0.1) is 0 Å². The van der Waals surface area contributed by atoms with Crippen LogP contribution in [0, 0.1) is 0 Å². The maximum absolute atomic E-state index is 12.1. The number of benzene rings is 2. The molecule has 24 heavy (non-hydrogen) atoms. The van der Waals surface area contributed by atoms with E-state index in [1.54, 1.807) is 6.08 Å². The molecule has 0 aliphatic carbocycles. The molecular formula is C22H26O2. The van der Waals surface area contributed by atoms with Gasteiger partial charge in [-0.15, -0.1) is 0 Å². The minimum absolute atomic E-state index is 0.0761. The zero-order valence-corrected chi connectivity index (χ0v) is 15.2. The molecule has 0 saturated carbocycles. The topological polar surface area (TPSA) is 26.3 Å². The smallest absolute Gasteiger partial charge is 0.336 e. The lowest BCUT2D eigenvalue weighted by Gasteiger charge is -2.21. The summed E-state index contributed by atoms with van der Waals surface area (Å²) in [6.07, 6.45) is 3.26. The molecule has 0 unspecified atom stereocenters. The molecular weight excluding hydrogens is 296 g/mol. The molecule has 0 spiro atoms. The van der Waals surface area contributed by atoms with Crippen molar-refractivity contribution in [2.75, 3.05) is 0 Å². The minimum Gasteiger partial charge on any atom is -0.423 e. The Kier molecular flexibility index (Phi) is 5.61. The van der Waals surface area contributed by atoms with Gasteiger partial charge in [0.2, 0.25) is 0 Å². The molecule has 2 heteroatoms. The summed E-state index contributed by atoms with van der Waals surface area (Å²) in [7, 11) is 0. The SMILES string of the molecule is CC(C)c1ccc(/C=C/C(=O)Oc2ccccc2C(C)(C)C)cc1. The van der Waals surface area contributed by atoms with Gasteiger partial charge in [0.1, 0.15) is 5.75 Å². The van der Waals surface area contributed by atoms with Gasteiger partial charge in [-0.05, 0) is 34.6 Å². The van der Waals surface area contributed by atoms with Gasteiger partial charge in [-0.2, -0.15) is 0 Å². The Bertz CT molecular complexity index is 716. The van der Waals surface area contributed by atoms with Gasteiger partial charge >= 0.3 is 5.97 Å². The Morgan fingerprint density at radius 3 is 2.21 bits per heavy atom. The van der Waals surface area contributed by atoms with Gasteiger partial charge in [0, 0.05) is 11.6 Å². The number of hydrogen-bond acceptors (Lipinski definition) is 2. The Hall–Kier alpha value is -2.35. The van der Waals surface area contributed by atoms with E-state index in [9.17, 15) is 4.79 Å². The van der Waals surface area contributed by atoms with Gasteiger partial charge in [-0.3, -0.25) is 0 Å². The summed E-state index contributed by atoms with van der Waals surface area (Å²) in [5.74, 6) is 0.760. The molecule has 0 aromatic heterocycles. The molecule has 0 amide bonds. The highest BCUT2D eigenvalue weighted by molar-refractivity contribution is 5.88. The van der Waals surface area contributed by atoms with Gasteiger partial charge in [0.25, 0.3) is 0 Å². The molecule has 0 aliphatic rings. The molecule has 2 nitrogen and oxygen atoms in total. The van der Waals surface area contributed by atoms with Crippen LogP contribution < -0.4 is 4.74 Å². The lowest BCUT2D eigenvalue weighted by Crippen LogP contribution is -2.15. The molecule has 2 aromatic carbocycles. The molecule has 0 atom stereocenters. The van der Waals surface area contributed by atoms with Crippen LogP contribution in [0.15, 0.2) is 54.6 Å². The van der Waals surface area contributed by atoms with Crippen molar-refractivity contribution in [3.63, 3.8) is 0 Å². The average molecular weight is 322 g/mol. The van der Waals surface area contributed by atoms with E-state index in [0.717, 1.165) is 11.1 Å². The molecule has 0 bridgehead atoms. The number of carbonyl (C=O) groups excluding carboxylic acids is 1. The largest absolute Gasteiger partial charge is 0.423 e. The first-order chi connectivity index (χ1) is 11.3. The van der Waals surface area contributed by atoms with Gasteiger partial charge in [0.15, 0.2) is 0 Å². The first kappa shape index (κ1) is 18.0. The van der Waals surface area contributed by atoms with E-state index < -0.39 is 0 Å². The first-order valence-electron chi connectivity index (χ1n) is 8.37. The molecule has 2 aromatic rings. The van der Waals surface area contributed by atoms with E-state index in [4.69, 9.17) is 4.74 Å². The van der Waals surface area contributed by atoms with Crippen molar-refractivity contribution in [2.24, 2.45) is 0 Å². The summed E-state index contributed by atoms with van der Waals surface area (Å²) >= 11 is 0. The second-order valence-corrected chi connectivity index (χ2v) is 7.32. The molecule has 0 heterocycles. The predicted molar refractivity (Wildman–Crippen MR) is 100 cm³/mol. The second kappa shape index (κ2) is 7.48. The highest BCUT2D eigenvalue weighted by Gasteiger charge is 2.19. The summed E-state index contributed by atoms with van der Waals surface area (Å²) < 4.78 is 5.53. The number of para-hydroxylation sites is 1. The van der Waals surface area contributed by atoms with Crippen LogP contribution in [0.5, 0.6) is 5.75 Å². The maximum atomic E-state index is 12.1. The van der Waals surface area contributed by atoms with E-state index in [1.807, 2.05) is 36.4 Å². The normalized spacial score (nSPS) is 11.9. The number of carbonyl (C=O) groups is 1. The third-order valence-corrected chi connectivity index (χ3v) is 3.92. The van der Waals surface area contributed by atoms with Crippen LogP contribution in [0.25, 0.3) is 6.08 Å². The summed E-state index contributed by atoms with van der Waals surface area (Å²) in [4.78, 5) is 12.1. The number of rotatable bonds is 4. The minimum atomic E-state index is -0.361. The predicted octanol–water partition coefficient (Wildman–Crippen LogP) is 5.73. The van der Waals surface area contributed by atoms with Crippen LogP contribution in [0.4, 0.5) is 0 Å².